The van der Waals surface area contributed by atoms with Crippen molar-refractivity contribution in [1.29, 1.82) is 0 Å². The number of carbonyl (C=O) groups is 1. The van der Waals surface area contributed by atoms with Crippen LogP contribution >= 0.6 is 11.3 Å². The molecule has 1 aliphatic heterocycles. The van der Waals surface area contributed by atoms with Crippen molar-refractivity contribution in [2.45, 2.75) is 39.0 Å². The summed E-state index contributed by atoms with van der Waals surface area (Å²) in [4.78, 5) is 16.7. The van der Waals surface area contributed by atoms with E-state index in [0.29, 0.717) is 13.0 Å². The summed E-state index contributed by atoms with van der Waals surface area (Å²) in [5.74, 6) is 0.0886. The van der Waals surface area contributed by atoms with Crippen LogP contribution in [0.3, 0.4) is 0 Å². The van der Waals surface area contributed by atoms with E-state index in [-0.39, 0.29) is 17.6 Å². The van der Waals surface area contributed by atoms with Gasteiger partial charge in [0.1, 0.15) is 0 Å². The Labute approximate surface area is 136 Å². The minimum atomic E-state index is -3.46. The van der Waals surface area contributed by atoms with Crippen molar-refractivity contribution >= 4 is 27.3 Å². The first-order valence-corrected chi connectivity index (χ1v) is 10.2. The maximum atomic E-state index is 12.3. The van der Waals surface area contributed by atoms with Crippen LogP contribution in [-0.2, 0) is 21.2 Å². The quantitative estimate of drug-likeness (QED) is 0.856. The Hall–Kier alpha value is -0.920. The van der Waals surface area contributed by atoms with E-state index in [1.807, 2.05) is 0 Å². The third-order valence-corrected chi connectivity index (χ3v) is 5.95. The number of hydrogen-bond donors (Lipinski definition) is 1. The number of likely N-dealkylation sites (tertiary alicyclic amines) is 1. The summed E-state index contributed by atoms with van der Waals surface area (Å²) >= 11 is 1.78. The number of rotatable bonds is 6. The van der Waals surface area contributed by atoms with E-state index in [9.17, 15) is 13.2 Å². The Bertz CT molecular complexity index is 610. The molecule has 1 atom stereocenters. The smallest absolute Gasteiger partial charge is 0.222 e. The molecule has 1 aliphatic rings. The summed E-state index contributed by atoms with van der Waals surface area (Å²) < 4.78 is 22.4. The molecule has 22 heavy (non-hydrogen) atoms. The van der Waals surface area contributed by atoms with Gasteiger partial charge in [0.05, 0.1) is 5.75 Å². The van der Waals surface area contributed by atoms with Crippen LogP contribution in [0.15, 0.2) is 12.1 Å². The number of piperidine rings is 1. The Balaban J connectivity index is 1.76. The highest BCUT2D eigenvalue weighted by atomic mass is 32.2. The summed E-state index contributed by atoms with van der Waals surface area (Å²) in [6.07, 6.45) is 3.98. The van der Waals surface area contributed by atoms with Crippen molar-refractivity contribution < 1.29 is 13.2 Å². The lowest BCUT2D eigenvalue weighted by Gasteiger charge is -2.32. The van der Waals surface area contributed by atoms with Crippen molar-refractivity contribution in [1.82, 2.24) is 4.90 Å². The van der Waals surface area contributed by atoms with E-state index < -0.39 is 10.0 Å². The van der Waals surface area contributed by atoms with E-state index in [1.165, 1.54) is 9.75 Å². The minimum absolute atomic E-state index is 0.0207. The molecule has 0 aliphatic carbocycles. The van der Waals surface area contributed by atoms with Gasteiger partial charge >= 0.3 is 0 Å². The van der Waals surface area contributed by atoms with Crippen LogP contribution in [0.2, 0.25) is 0 Å². The second-order valence-corrected chi connectivity index (χ2v) is 9.07. The summed E-state index contributed by atoms with van der Waals surface area (Å²) in [6, 6.07) is 4.22. The van der Waals surface area contributed by atoms with Gasteiger partial charge < -0.3 is 4.90 Å². The molecule has 1 amide bonds. The molecule has 7 heteroatoms. The lowest BCUT2D eigenvalue weighted by Crippen LogP contribution is -2.42. The third kappa shape index (κ3) is 5.70. The number of nitrogens with two attached hydrogens (primary N) is 1. The van der Waals surface area contributed by atoms with Crippen molar-refractivity contribution in [3.63, 3.8) is 0 Å². The predicted molar refractivity (Wildman–Crippen MR) is 89.3 cm³/mol. The first-order chi connectivity index (χ1) is 10.3. The monoisotopic (exact) mass is 344 g/mol. The first-order valence-electron chi connectivity index (χ1n) is 7.67. The van der Waals surface area contributed by atoms with Gasteiger partial charge in [-0.3, -0.25) is 4.79 Å². The fourth-order valence-corrected chi connectivity index (χ4v) is 4.81. The minimum Gasteiger partial charge on any atom is -0.342 e. The van der Waals surface area contributed by atoms with Gasteiger partial charge in [0.25, 0.3) is 0 Å². The first kappa shape index (κ1) is 17.4. The highest BCUT2D eigenvalue weighted by Crippen LogP contribution is 2.20. The number of sulfonamides is 1. The molecule has 0 aromatic carbocycles. The second-order valence-electron chi connectivity index (χ2n) is 6.04. The van der Waals surface area contributed by atoms with Crippen molar-refractivity contribution in [3.05, 3.63) is 21.9 Å². The number of thiophene rings is 1. The summed E-state index contributed by atoms with van der Waals surface area (Å²) in [6.45, 7) is 3.34. The molecule has 1 aromatic heterocycles. The Kier molecular flexibility index (Phi) is 6.00. The molecular weight excluding hydrogens is 320 g/mol. The van der Waals surface area contributed by atoms with E-state index >= 15 is 0 Å². The van der Waals surface area contributed by atoms with Gasteiger partial charge in [0, 0.05) is 29.3 Å². The number of aryl methyl sites for hydroxylation is 2. The Morgan fingerprint density at radius 2 is 2.23 bits per heavy atom. The molecule has 1 fully saturated rings. The SMILES string of the molecule is Cc1ccc(CCCC(=O)N2CCC[C@@H](CS(N)(=O)=O)C2)s1. The maximum absolute atomic E-state index is 12.3. The lowest BCUT2D eigenvalue weighted by molar-refractivity contribution is -0.132. The van der Waals surface area contributed by atoms with Crippen molar-refractivity contribution in [2.24, 2.45) is 11.1 Å². The van der Waals surface area contributed by atoms with E-state index in [0.717, 1.165) is 32.2 Å². The van der Waals surface area contributed by atoms with Crippen molar-refractivity contribution in [3.8, 4) is 0 Å². The van der Waals surface area contributed by atoms with Crippen LogP contribution in [0.25, 0.3) is 0 Å². The van der Waals surface area contributed by atoms with E-state index in [4.69, 9.17) is 5.14 Å². The number of primary sulfonamides is 1. The van der Waals surface area contributed by atoms with Crippen LogP contribution in [0.1, 0.15) is 35.4 Å². The largest absolute Gasteiger partial charge is 0.342 e. The zero-order valence-electron chi connectivity index (χ0n) is 13.0. The number of nitrogens with zero attached hydrogens (tertiary/aromatic N) is 1. The molecule has 2 heterocycles. The third-order valence-electron chi connectivity index (χ3n) is 3.95. The molecule has 0 radical (unpaired) electrons. The summed E-state index contributed by atoms with van der Waals surface area (Å²) in [5.41, 5.74) is 0. The van der Waals surface area contributed by atoms with E-state index in [2.05, 4.69) is 19.1 Å². The highest BCUT2D eigenvalue weighted by Gasteiger charge is 2.25. The Morgan fingerprint density at radius 3 is 2.86 bits per heavy atom. The zero-order valence-corrected chi connectivity index (χ0v) is 14.6. The van der Waals surface area contributed by atoms with Crippen LogP contribution in [0.4, 0.5) is 0 Å². The van der Waals surface area contributed by atoms with Crippen LogP contribution < -0.4 is 5.14 Å². The molecule has 5 nitrogen and oxygen atoms in total. The standard InChI is InChI=1S/C15H24N2O3S2/c1-12-7-8-14(21-12)5-2-6-15(18)17-9-3-4-13(10-17)11-22(16,19)20/h7-8,13H,2-6,9-11H2,1H3,(H2,16,19,20)/t13-/m1/s1. The zero-order chi connectivity index (χ0) is 16.2. The molecule has 1 saturated heterocycles. The fraction of sp³-hybridized carbons (Fsp3) is 0.667. The van der Waals surface area contributed by atoms with Crippen LogP contribution in [0.5, 0.6) is 0 Å². The molecule has 124 valence electrons. The van der Waals surface area contributed by atoms with Gasteiger partial charge in [-0.15, -0.1) is 11.3 Å². The molecule has 1 aromatic rings. The maximum Gasteiger partial charge on any atom is 0.222 e. The van der Waals surface area contributed by atoms with Gasteiger partial charge in [0.2, 0.25) is 15.9 Å². The average Bonchev–Trinajstić information content (AvgIpc) is 2.83. The highest BCUT2D eigenvalue weighted by molar-refractivity contribution is 7.89. The topological polar surface area (TPSA) is 80.5 Å². The molecule has 0 unspecified atom stereocenters. The number of amides is 1. The van der Waals surface area contributed by atoms with Crippen LogP contribution in [0, 0.1) is 12.8 Å². The van der Waals surface area contributed by atoms with Gasteiger partial charge in [-0.25, -0.2) is 13.6 Å². The van der Waals surface area contributed by atoms with Gasteiger partial charge in [0.15, 0.2) is 0 Å². The van der Waals surface area contributed by atoms with Gasteiger partial charge in [-0.2, -0.15) is 0 Å². The molecule has 0 spiro atoms. The summed E-state index contributed by atoms with van der Waals surface area (Å²) in [7, 11) is -3.46. The molecular formula is C15H24N2O3S2. The normalized spacial score (nSPS) is 19.4. The number of carbonyl (C=O) groups excluding carboxylic acids is 1. The second kappa shape index (κ2) is 7.57. The molecule has 2 rings (SSSR count). The lowest BCUT2D eigenvalue weighted by atomic mass is 9.99. The molecule has 0 saturated carbocycles. The van der Waals surface area contributed by atoms with Gasteiger partial charge in [-0.05, 0) is 50.7 Å². The van der Waals surface area contributed by atoms with Crippen LogP contribution in [-0.4, -0.2) is 38.1 Å². The Morgan fingerprint density at radius 1 is 1.45 bits per heavy atom. The molecule has 2 N–H and O–H groups in total. The predicted octanol–water partition coefficient (Wildman–Crippen LogP) is 1.91. The summed E-state index contributed by atoms with van der Waals surface area (Å²) in [5, 5.41) is 5.10. The van der Waals surface area contributed by atoms with Gasteiger partial charge in [-0.1, -0.05) is 0 Å². The van der Waals surface area contributed by atoms with Crippen molar-refractivity contribution in [2.75, 3.05) is 18.8 Å². The number of hydrogen-bond acceptors (Lipinski definition) is 4. The average molecular weight is 345 g/mol. The fourth-order valence-electron chi connectivity index (χ4n) is 2.95. The molecule has 0 bridgehead atoms. The van der Waals surface area contributed by atoms with E-state index in [1.54, 1.807) is 16.2 Å².